The summed E-state index contributed by atoms with van der Waals surface area (Å²) >= 11 is 18.9. The SMILES string of the molecule is CCNC(=O)Nc1cc(C)c(C(=O)N2CCN(c3ccc(Cl)cc3Cl)[C@H](c3ccc(Cl)cc3)C2)c(C)c1. The number of benzene rings is 3. The van der Waals surface area contributed by atoms with Crippen molar-refractivity contribution in [2.75, 3.05) is 36.4 Å². The Kier molecular flexibility index (Phi) is 8.53. The van der Waals surface area contributed by atoms with Gasteiger partial charge in [-0.25, -0.2) is 4.79 Å². The van der Waals surface area contributed by atoms with Crippen LogP contribution in [0.4, 0.5) is 16.2 Å². The van der Waals surface area contributed by atoms with E-state index >= 15 is 0 Å². The maximum absolute atomic E-state index is 13.8. The molecule has 2 N–H and O–H groups in total. The number of hydrogen-bond acceptors (Lipinski definition) is 3. The summed E-state index contributed by atoms with van der Waals surface area (Å²) < 4.78 is 0. The Balaban J connectivity index is 1.63. The van der Waals surface area contributed by atoms with Crippen LogP contribution in [0.5, 0.6) is 0 Å². The minimum absolute atomic E-state index is 0.0413. The first-order valence-electron chi connectivity index (χ1n) is 12.1. The summed E-state index contributed by atoms with van der Waals surface area (Å²) in [6, 6.07) is 16.4. The predicted molar refractivity (Wildman–Crippen MR) is 153 cm³/mol. The Hall–Kier alpha value is -2.93. The number of piperazine rings is 1. The van der Waals surface area contributed by atoms with Gasteiger partial charge in [0.25, 0.3) is 5.91 Å². The molecular formula is C28H29Cl3N4O2. The molecule has 3 aromatic rings. The van der Waals surface area contributed by atoms with Gasteiger partial charge in [-0.05, 0) is 79.9 Å². The van der Waals surface area contributed by atoms with Gasteiger partial charge >= 0.3 is 6.03 Å². The lowest BCUT2D eigenvalue weighted by Crippen LogP contribution is -2.51. The molecule has 1 fully saturated rings. The summed E-state index contributed by atoms with van der Waals surface area (Å²) in [6.45, 7) is 7.76. The minimum atomic E-state index is -0.275. The molecule has 3 amide bonds. The van der Waals surface area contributed by atoms with E-state index in [0.717, 1.165) is 22.4 Å². The Labute approximate surface area is 232 Å². The molecule has 0 unspecified atom stereocenters. The maximum Gasteiger partial charge on any atom is 0.319 e. The van der Waals surface area contributed by atoms with Gasteiger partial charge in [-0.15, -0.1) is 0 Å². The first kappa shape index (κ1) is 27.1. The summed E-state index contributed by atoms with van der Waals surface area (Å²) in [4.78, 5) is 29.9. The number of amides is 3. The molecule has 0 aromatic heterocycles. The van der Waals surface area contributed by atoms with Gasteiger partial charge in [-0.3, -0.25) is 4.79 Å². The lowest BCUT2D eigenvalue weighted by molar-refractivity contribution is 0.0720. The summed E-state index contributed by atoms with van der Waals surface area (Å²) in [6.07, 6.45) is 0. The smallest absolute Gasteiger partial charge is 0.319 e. The molecule has 0 saturated carbocycles. The van der Waals surface area contributed by atoms with Crippen LogP contribution >= 0.6 is 34.8 Å². The van der Waals surface area contributed by atoms with Crippen molar-refractivity contribution in [2.24, 2.45) is 0 Å². The van der Waals surface area contributed by atoms with Crippen molar-refractivity contribution in [2.45, 2.75) is 26.8 Å². The molecule has 1 saturated heterocycles. The second-order valence-corrected chi connectivity index (χ2v) is 10.4. The van der Waals surface area contributed by atoms with Crippen LogP contribution in [0.15, 0.2) is 54.6 Å². The average Bonchev–Trinajstić information content (AvgIpc) is 2.84. The lowest BCUT2D eigenvalue weighted by Gasteiger charge is -2.43. The third kappa shape index (κ3) is 6.15. The minimum Gasteiger partial charge on any atom is -0.360 e. The highest BCUT2D eigenvalue weighted by Gasteiger charge is 2.33. The van der Waals surface area contributed by atoms with Crippen LogP contribution in [0.3, 0.4) is 0 Å². The molecule has 9 heteroatoms. The molecule has 194 valence electrons. The fraction of sp³-hybridized carbons (Fsp3) is 0.286. The molecule has 1 aliphatic heterocycles. The second-order valence-electron chi connectivity index (χ2n) is 9.08. The van der Waals surface area contributed by atoms with Crippen molar-refractivity contribution >= 4 is 58.1 Å². The quantitative estimate of drug-likeness (QED) is 0.350. The molecule has 0 spiro atoms. The van der Waals surface area contributed by atoms with Gasteiger partial charge in [0, 0.05) is 47.5 Å². The number of nitrogens with one attached hydrogen (secondary N) is 2. The zero-order chi connectivity index (χ0) is 26.7. The highest BCUT2D eigenvalue weighted by Crippen LogP contribution is 2.37. The molecule has 6 nitrogen and oxygen atoms in total. The molecular weight excluding hydrogens is 531 g/mol. The highest BCUT2D eigenvalue weighted by molar-refractivity contribution is 6.36. The standard InChI is InChI=1S/C28H29Cl3N4O2/c1-4-32-28(37)33-22-13-17(2)26(18(3)14-22)27(36)34-11-12-35(24-10-9-21(30)15-23(24)31)25(16-34)19-5-7-20(29)8-6-19/h5-10,13-15,25H,4,11-12,16H2,1-3H3,(H2,32,33,37)/t25-/m0/s1. The number of hydrogen-bond donors (Lipinski definition) is 2. The van der Waals surface area contributed by atoms with Crippen LogP contribution < -0.4 is 15.5 Å². The first-order chi connectivity index (χ1) is 17.7. The maximum atomic E-state index is 13.8. The fourth-order valence-electron chi connectivity index (χ4n) is 4.81. The van der Waals surface area contributed by atoms with Crippen LogP contribution in [-0.2, 0) is 0 Å². The van der Waals surface area contributed by atoms with Crippen molar-refractivity contribution < 1.29 is 9.59 Å². The van der Waals surface area contributed by atoms with Crippen molar-refractivity contribution in [3.8, 4) is 0 Å². The Morgan fingerprint density at radius 2 is 1.57 bits per heavy atom. The third-order valence-corrected chi connectivity index (χ3v) is 7.27. The molecule has 0 aliphatic carbocycles. The largest absolute Gasteiger partial charge is 0.360 e. The van der Waals surface area contributed by atoms with Gasteiger partial charge in [-0.1, -0.05) is 46.9 Å². The topological polar surface area (TPSA) is 64.7 Å². The molecule has 3 aromatic carbocycles. The number of carbonyl (C=O) groups is 2. The summed E-state index contributed by atoms with van der Waals surface area (Å²) in [5, 5.41) is 7.32. The van der Waals surface area contributed by atoms with E-state index in [1.54, 1.807) is 6.07 Å². The van der Waals surface area contributed by atoms with Crippen LogP contribution in [0.2, 0.25) is 15.1 Å². The predicted octanol–water partition coefficient (Wildman–Crippen LogP) is 7.11. The van der Waals surface area contributed by atoms with Gasteiger partial charge in [0.2, 0.25) is 0 Å². The van der Waals surface area contributed by atoms with E-state index < -0.39 is 0 Å². The number of aryl methyl sites for hydroxylation is 2. The molecule has 1 heterocycles. The fourth-order valence-corrected chi connectivity index (χ4v) is 5.45. The average molecular weight is 560 g/mol. The number of halogens is 3. The second kappa shape index (κ2) is 11.6. The molecule has 1 atom stereocenters. The van der Waals surface area contributed by atoms with E-state index in [0.29, 0.717) is 52.5 Å². The molecule has 0 bridgehead atoms. The summed E-state index contributed by atoms with van der Waals surface area (Å²) in [5.41, 5.74) is 4.81. The van der Waals surface area contributed by atoms with Crippen LogP contribution in [0.1, 0.15) is 40.0 Å². The molecule has 4 rings (SSSR count). The van der Waals surface area contributed by atoms with E-state index in [2.05, 4.69) is 15.5 Å². The summed E-state index contributed by atoms with van der Waals surface area (Å²) in [7, 11) is 0. The number of carbonyl (C=O) groups excluding carboxylic acids is 2. The van der Waals surface area contributed by atoms with Crippen molar-refractivity contribution in [1.82, 2.24) is 10.2 Å². The van der Waals surface area contributed by atoms with E-state index in [1.807, 2.05) is 74.2 Å². The van der Waals surface area contributed by atoms with Crippen molar-refractivity contribution in [3.63, 3.8) is 0 Å². The monoisotopic (exact) mass is 558 g/mol. The normalized spacial score (nSPS) is 15.5. The van der Waals surface area contributed by atoms with E-state index in [4.69, 9.17) is 34.8 Å². The van der Waals surface area contributed by atoms with Gasteiger partial charge in [0.05, 0.1) is 16.8 Å². The number of nitrogens with zero attached hydrogens (tertiary/aromatic N) is 2. The zero-order valence-electron chi connectivity index (χ0n) is 20.9. The Bertz CT molecular complexity index is 1290. The lowest BCUT2D eigenvalue weighted by atomic mass is 9.97. The van der Waals surface area contributed by atoms with E-state index in [9.17, 15) is 9.59 Å². The Morgan fingerprint density at radius 3 is 2.19 bits per heavy atom. The van der Waals surface area contributed by atoms with Gasteiger partial charge in [-0.2, -0.15) is 0 Å². The molecule has 0 radical (unpaired) electrons. The van der Waals surface area contributed by atoms with Crippen LogP contribution in [-0.4, -0.2) is 43.0 Å². The van der Waals surface area contributed by atoms with Gasteiger partial charge in [0.15, 0.2) is 0 Å². The first-order valence-corrected chi connectivity index (χ1v) is 13.2. The molecule has 1 aliphatic rings. The number of urea groups is 1. The van der Waals surface area contributed by atoms with E-state index in [-0.39, 0.29) is 18.0 Å². The number of anilines is 2. The van der Waals surface area contributed by atoms with Crippen LogP contribution in [0.25, 0.3) is 0 Å². The zero-order valence-corrected chi connectivity index (χ0v) is 23.2. The van der Waals surface area contributed by atoms with Crippen LogP contribution in [0, 0.1) is 13.8 Å². The van der Waals surface area contributed by atoms with Gasteiger partial charge < -0.3 is 20.4 Å². The third-order valence-electron chi connectivity index (χ3n) is 6.48. The Morgan fingerprint density at radius 1 is 0.919 bits per heavy atom. The molecule has 37 heavy (non-hydrogen) atoms. The number of rotatable bonds is 5. The van der Waals surface area contributed by atoms with Crippen molar-refractivity contribution in [3.05, 3.63) is 91.9 Å². The van der Waals surface area contributed by atoms with E-state index in [1.165, 1.54) is 0 Å². The van der Waals surface area contributed by atoms with Gasteiger partial charge in [0.1, 0.15) is 0 Å². The summed E-state index contributed by atoms with van der Waals surface area (Å²) in [5.74, 6) is -0.0413. The highest BCUT2D eigenvalue weighted by atomic mass is 35.5. The van der Waals surface area contributed by atoms with Crippen molar-refractivity contribution in [1.29, 1.82) is 0 Å².